The Hall–Kier alpha value is -2.62. The van der Waals surface area contributed by atoms with E-state index in [0.717, 1.165) is 0 Å². The van der Waals surface area contributed by atoms with Gasteiger partial charge in [0.05, 0.1) is 13.2 Å². The number of aromatic nitrogens is 3. The number of halogens is 2. The molecule has 2 atom stereocenters. The molecule has 0 bridgehead atoms. The van der Waals surface area contributed by atoms with Crippen LogP contribution < -0.4 is 14.8 Å². The number of carbonyl (C=O) groups excluding carboxylic acids is 1. The lowest BCUT2D eigenvalue weighted by Crippen LogP contribution is -2.45. The smallest absolute Gasteiger partial charge is 0.410 e. The molecule has 170 valence electrons. The maximum absolute atomic E-state index is 14.7. The van der Waals surface area contributed by atoms with Gasteiger partial charge in [-0.3, -0.25) is 0 Å². The minimum atomic E-state index is -0.793. The zero-order chi connectivity index (χ0) is 22.9. The predicted octanol–water partition coefficient (Wildman–Crippen LogP) is 4.03. The van der Waals surface area contributed by atoms with E-state index in [0.29, 0.717) is 19.5 Å². The first kappa shape index (κ1) is 23.1. The standard InChI is InChI=1S/C20H27ClFN5O4/c1-10-9-11(2)30-17-12-14(13(22)15(21)25-17)24-18(29-6)26-16(12)23-7-8-27(10)19(28)31-20(3,4)5/h10-11H,7-9H2,1-6H3,(H,23,24,26)/t10?,11-/m0/s1. The Kier molecular flexibility index (Phi) is 6.59. The monoisotopic (exact) mass is 455 g/mol. The topological polar surface area (TPSA) is 98.7 Å². The Labute approximate surface area is 185 Å². The van der Waals surface area contributed by atoms with Gasteiger partial charge in [-0.1, -0.05) is 11.6 Å². The fourth-order valence-corrected chi connectivity index (χ4v) is 3.52. The van der Waals surface area contributed by atoms with Crippen molar-refractivity contribution in [3.63, 3.8) is 0 Å². The second-order valence-electron chi connectivity index (χ2n) is 8.42. The van der Waals surface area contributed by atoms with Crippen LogP contribution in [-0.4, -0.2) is 63.9 Å². The normalized spacial score (nSPS) is 19.8. The summed E-state index contributed by atoms with van der Waals surface area (Å²) >= 11 is 5.99. The maximum atomic E-state index is 14.7. The second kappa shape index (κ2) is 8.86. The van der Waals surface area contributed by atoms with Gasteiger partial charge < -0.3 is 24.4 Å². The van der Waals surface area contributed by atoms with E-state index in [4.69, 9.17) is 25.8 Å². The number of anilines is 1. The molecule has 2 aromatic rings. The Bertz CT molecular complexity index is 984. The summed E-state index contributed by atoms with van der Waals surface area (Å²) in [5, 5.41) is 3.02. The highest BCUT2D eigenvalue weighted by atomic mass is 35.5. The number of carbonyl (C=O) groups is 1. The quantitative estimate of drug-likeness (QED) is 0.643. The lowest BCUT2D eigenvalue weighted by molar-refractivity contribution is 0.0147. The first-order valence-corrected chi connectivity index (χ1v) is 10.4. The Morgan fingerprint density at radius 2 is 2.00 bits per heavy atom. The molecule has 0 aliphatic carbocycles. The molecule has 0 saturated carbocycles. The van der Waals surface area contributed by atoms with Crippen LogP contribution in [-0.2, 0) is 4.74 Å². The molecule has 1 amide bonds. The molecule has 0 radical (unpaired) electrons. The van der Waals surface area contributed by atoms with Crippen LogP contribution in [0.15, 0.2) is 0 Å². The van der Waals surface area contributed by atoms with Gasteiger partial charge in [0, 0.05) is 25.6 Å². The van der Waals surface area contributed by atoms with Gasteiger partial charge in [0.1, 0.15) is 22.3 Å². The fraction of sp³-hybridized carbons (Fsp3) is 0.600. The molecular weight excluding hydrogens is 429 g/mol. The summed E-state index contributed by atoms with van der Waals surface area (Å²) in [7, 11) is 1.38. The van der Waals surface area contributed by atoms with Crippen molar-refractivity contribution in [1.29, 1.82) is 0 Å². The van der Waals surface area contributed by atoms with Gasteiger partial charge in [-0.25, -0.2) is 9.18 Å². The van der Waals surface area contributed by atoms with Gasteiger partial charge >= 0.3 is 12.1 Å². The number of pyridine rings is 1. The molecule has 1 aliphatic rings. The summed E-state index contributed by atoms with van der Waals surface area (Å²) < 4.78 is 31.4. The third-order valence-electron chi connectivity index (χ3n) is 4.66. The number of hydrogen-bond donors (Lipinski definition) is 1. The molecule has 1 unspecified atom stereocenters. The molecule has 3 heterocycles. The van der Waals surface area contributed by atoms with E-state index < -0.39 is 17.5 Å². The molecule has 0 aromatic carbocycles. The largest absolute Gasteiger partial charge is 0.474 e. The van der Waals surface area contributed by atoms with E-state index in [-0.39, 0.29) is 45.9 Å². The Morgan fingerprint density at radius 3 is 2.65 bits per heavy atom. The summed E-state index contributed by atoms with van der Waals surface area (Å²) in [6.07, 6.45) is -0.308. The average Bonchev–Trinajstić information content (AvgIpc) is 2.68. The molecule has 3 rings (SSSR count). The van der Waals surface area contributed by atoms with E-state index in [1.165, 1.54) is 7.11 Å². The van der Waals surface area contributed by atoms with Crippen LogP contribution in [0.1, 0.15) is 41.0 Å². The third-order valence-corrected chi connectivity index (χ3v) is 4.92. The van der Waals surface area contributed by atoms with E-state index in [9.17, 15) is 9.18 Å². The van der Waals surface area contributed by atoms with Crippen molar-refractivity contribution >= 4 is 34.4 Å². The minimum absolute atomic E-state index is 0.0394. The van der Waals surface area contributed by atoms with Crippen LogP contribution in [0, 0.1) is 5.82 Å². The molecule has 0 spiro atoms. The van der Waals surface area contributed by atoms with Crippen LogP contribution >= 0.6 is 11.6 Å². The zero-order valence-electron chi connectivity index (χ0n) is 18.5. The number of ether oxygens (including phenoxy) is 3. The van der Waals surface area contributed by atoms with Crippen LogP contribution in [0.25, 0.3) is 10.9 Å². The van der Waals surface area contributed by atoms with Crippen molar-refractivity contribution in [2.24, 2.45) is 0 Å². The molecule has 0 saturated heterocycles. The number of nitrogens with zero attached hydrogens (tertiary/aromatic N) is 4. The van der Waals surface area contributed by atoms with E-state index >= 15 is 0 Å². The molecule has 31 heavy (non-hydrogen) atoms. The van der Waals surface area contributed by atoms with Crippen molar-refractivity contribution in [3.8, 4) is 11.9 Å². The van der Waals surface area contributed by atoms with Gasteiger partial charge in [-0.2, -0.15) is 15.0 Å². The highest BCUT2D eigenvalue weighted by Gasteiger charge is 2.29. The van der Waals surface area contributed by atoms with E-state index in [1.807, 2.05) is 34.6 Å². The van der Waals surface area contributed by atoms with Gasteiger partial charge in [-0.05, 0) is 34.6 Å². The minimum Gasteiger partial charge on any atom is -0.474 e. The predicted molar refractivity (Wildman–Crippen MR) is 114 cm³/mol. The van der Waals surface area contributed by atoms with Crippen LogP contribution in [0.5, 0.6) is 11.9 Å². The second-order valence-corrected chi connectivity index (χ2v) is 8.78. The number of methoxy groups -OCH3 is 1. The summed E-state index contributed by atoms with van der Waals surface area (Å²) in [5.41, 5.74) is -0.688. The number of hydrogen-bond acceptors (Lipinski definition) is 8. The van der Waals surface area contributed by atoms with Crippen LogP contribution in [0.4, 0.5) is 15.0 Å². The SMILES string of the molecule is COc1nc2c3c(nc(Cl)c(F)c3n1)O[C@@H](C)CC(C)N(C(=O)OC(C)(C)C)CCN2. The van der Waals surface area contributed by atoms with Gasteiger partial charge in [0.25, 0.3) is 0 Å². The Morgan fingerprint density at radius 1 is 1.29 bits per heavy atom. The molecule has 0 fully saturated rings. The highest BCUT2D eigenvalue weighted by molar-refractivity contribution is 6.30. The molecular formula is C20H27ClFN5O4. The first-order valence-electron chi connectivity index (χ1n) is 10.0. The van der Waals surface area contributed by atoms with E-state index in [1.54, 1.807) is 4.90 Å². The molecule has 1 N–H and O–H groups in total. The van der Waals surface area contributed by atoms with Gasteiger partial charge in [0.2, 0.25) is 5.88 Å². The van der Waals surface area contributed by atoms with Crippen LogP contribution in [0.3, 0.4) is 0 Å². The number of rotatable bonds is 1. The van der Waals surface area contributed by atoms with Gasteiger partial charge in [0.15, 0.2) is 11.0 Å². The lowest BCUT2D eigenvalue weighted by atomic mass is 10.1. The van der Waals surface area contributed by atoms with Crippen LogP contribution in [0.2, 0.25) is 5.15 Å². The summed E-state index contributed by atoms with van der Waals surface area (Å²) in [6.45, 7) is 9.85. The first-order chi connectivity index (χ1) is 14.5. The maximum Gasteiger partial charge on any atom is 0.410 e. The third kappa shape index (κ3) is 5.17. The highest BCUT2D eigenvalue weighted by Crippen LogP contribution is 2.35. The van der Waals surface area contributed by atoms with Crippen molar-refractivity contribution in [1.82, 2.24) is 19.9 Å². The van der Waals surface area contributed by atoms with Crippen molar-refractivity contribution in [2.75, 3.05) is 25.5 Å². The van der Waals surface area contributed by atoms with E-state index in [2.05, 4.69) is 20.3 Å². The molecule has 9 nitrogen and oxygen atoms in total. The molecule has 1 aliphatic heterocycles. The fourth-order valence-electron chi connectivity index (χ4n) is 3.35. The average molecular weight is 456 g/mol. The summed E-state index contributed by atoms with van der Waals surface area (Å²) in [4.78, 5) is 26.9. The zero-order valence-corrected chi connectivity index (χ0v) is 19.2. The number of amides is 1. The molecule has 11 heteroatoms. The Balaban J connectivity index is 2.04. The summed E-state index contributed by atoms with van der Waals surface area (Å²) in [5.74, 6) is -0.415. The number of nitrogens with one attached hydrogen (secondary N) is 1. The molecule has 2 aromatic heterocycles. The van der Waals surface area contributed by atoms with Crippen molar-refractivity contribution in [3.05, 3.63) is 11.0 Å². The van der Waals surface area contributed by atoms with Crippen molar-refractivity contribution in [2.45, 2.75) is 58.8 Å². The lowest BCUT2D eigenvalue weighted by Gasteiger charge is -2.32. The van der Waals surface area contributed by atoms with Gasteiger partial charge in [-0.15, -0.1) is 0 Å². The summed E-state index contributed by atoms with van der Waals surface area (Å²) in [6, 6.07) is -0.234. The van der Waals surface area contributed by atoms with Crippen molar-refractivity contribution < 1.29 is 23.4 Å².